The summed E-state index contributed by atoms with van der Waals surface area (Å²) in [6.07, 6.45) is 2.35. The van der Waals surface area contributed by atoms with Crippen LogP contribution in [0, 0.1) is 5.92 Å². The topological polar surface area (TPSA) is 95.9 Å². The predicted octanol–water partition coefficient (Wildman–Crippen LogP) is -0.445. The van der Waals surface area contributed by atoms with Gasteiger partial charge < -0.3 is 20.1 Å². The largest absolute Gasteiger partial charge is 0.481 e. The molecule has 0 aromatic carbocycles. The Labute approximate surface area is 99.5 Å². The lowest BCUT2D eigenvalue weighted by molar-refractivity contribution is -0.139. The highest BCUT2D eigenvalue weighted by atomic mass is 16.5. The van der Waals surface area contributed by atoms with Crippen molar-refractivity contribution in [3.05, 3.63) is 0 Å². The Kier molecular flexibility index (Phi) is 3.68. The molecule has 0 spiro atoms. The minimum absolute atomic E-state index is 0.0330. The summed E-state index contributed by atoms with van der Waals surface area (Å²) < 4.78 is 5.17. The highest BCUT2D eigenvalue weighted by molar-refractivity contribution is 6.45. The van der Waals surface area contributed by atoms with Crippen molar-refractivity contribution in [3.63, 3.8) is 0 Å². The van der Waals surface area contributed by atoms with E-state index in [4.69, 9.17) is 9.76 Å². The molecule has 7 heteroatoms. The molecule has 0 unspecified atom stereocenters. The number of carboxylic acid groups (broad SMARTS) is 1. The van der Waals surface area contributed by atoms with Crippen molar-refractivity contribution in [2.75, 3.05) is 0 Å². The van der Waals surface area contributed by atoms with Crippen LogP contribution in [0.25, 0.3) is 0 Å². The molecular weight excluding hydrogens is 225 g/mol. The summed E-state index contributed by atoms with van der Waals surface area (Å²) in [4.78, 5) is 22.0. The van der Waals surface area contributed by atoms with Crippen molar-refractivity contribution in [1.82, 2.24) is 5.32 Å². The zero-order chi connectivity index (χ0) is 12.4. The van der Waals surface area contributed by atoms with Crippen molar-refractivity contribution < 1.29 is 24.4 Å². The van der Waals surface area contributed by atoms with Gasteiger partial charge in [0.15, 0.2) is 0 Å². The number of hydrogen-bond donors (Lipinski definition) is 3. The highest BCUT2D eigenvalue weighted by Crippen LogP contribution is 2.29. The van der Waals surface area contributed by atoms with E-state index >= 15 is 0 Å². The van der Waals surface area contributed by atoms with E-state index in [1.54, 1.807) is 0 Å². The first kappa shape index (κ1) is 12.4. The monoisotopic (exact) mass is 241 g/mol. The van der Waals surface area contributed by atoms with Gasteiger partial charge in [-0.1, -0.05) is 0 Å². The van der Waals surface area contributed by atoms with Gasteiger partial charge in [0.05, 0.1) is 18.5 Å². The Morgan fingerprint density at radius 2 is 2.00 bits per heavy atom. The molecule has 1 aliphatic carbocycles. The van der Waals surface area contributed by atoms with E-state index in [0.29, 0.717) is 12.8 Å². The van der Waals surface area contributed by atoms with E-state index in [-0.39, 0.29) is 18.2 Å². The second-order valence-electron chi connectivity index (χ2n) is 4.71. The highest BCUT2D eigenvalue weighted by Gasteiger charge is 2.39. The lowest BCUT2D eigenvalue weighted by atomic mass is 9.72. The van der Waals surface area contributed by atoms with E-state index in [1.165, 1.54) is 0 Å². The molecule has 0 bridgehead atoms. The maximum Gasteiger partial charge on any atom is 0.478 e. The number of carboxylic acids is 1. The molecule has 0 aromatic heterocycles. The molecule has 1 amide bonds. The van der Waals surface area contributed by atoms with Crippen LogP contribution in [-0.4, -0.2) is 41.2 Å². The van der Waals surface area contributed by atoms with Crippen LogP contribution in [0.1, 0.15) is 32.1 Å². The zero-order valence-corrected chi connectivity index (χ0v) is 9.46. The molecule has 0 aromatic rings. The molecule has 94 valence electrons. The number of nitrogens with one attached hydrogen (secondary N) is 1. The quantitative estimate of drug-likeness (QED) is 0.579. The van der Waals surface area contributed by atoms with E-state index in [0.717, 1.165) is 12.8 Å². The van der Waals surface area contributed by atoms with Crippen LogP contribution < -0.4 is 5.32 Å². The molecule has 1 saturated carbocycles. The molecule has 2 atom stereocenters. The first-order chi connectivity index (χ1) is 8.06. The van der Waals surface area contributed by atoms with Gasteiger partial charge in [-0.25, -0.2) is 0 Å². The van der Waals surface area contributed by atoms with Gasteiger partial charge in [0, 0.05) is 5.92 Å². The van der Waals surface area contributed by atoms with Crippen LogP contribution in [0.15, 0.2) is 0 Å². The first-order valence-electron chi connectivity index (χ1n) is 5.92. The summed E-state index contributed by atoms with van der Waals surface area (Å²) in [6.45, 7) is 0. The lowest BCUT2D eigenvalue weighted by Gasteiger charge is -2.30. The van der Waals surface area contributed by atoms with Crippen LogP contribution in [0.4, 0.5) is 0 Å². The Morgan fingerprint density at radius 1 is 1.29 bits per heavy atom. The fraction of sp³-hybridized carbons (Fsp3) is 0.800. The van der Waals surface area contributed by atoms with Gasteiger partial charge in [0.25, 0.3) is 0 Å². The van der Waals surface area contributed by atoms with Crippen molar-refractivity contribution in [2.24, 2.45) is 5.92 Å². The zero-order valence-electron chi connectivity index (χ0n) is 9.46. The van der Waals surface area contributed by atoms with E-state index in [2.05, 4.69) is 5.32 Å². The Bertz CT molecular complexity index is 320. The molecule has 2 fully saturated rings. The van der Waals surface area contributed by atoms with Crippen LogP contribution in [-0.2, 0) is 14.2 Å². The molecule has 2 aliphatic rings. The summed E-state index contributed by atoms with van der Waals surface area (Å²) in [6, 6.07) is 0. The SMILES string of the molecule is O=C(O)C[C@@H]1CC[C@H](NC(=O)C2CC2)B(O)O1. The van der Waals surface area contributed by atoms with Crippen LogP contribution >= 0.6 is 0 Å². The van der Waals surface area contributed by atoms with Gasteiger partial charge in [-0.3, -0.25) is 9.59 Å². The molecule has 1 heterocycles. The van der Waals surface area contributed by atoms with Gasteiger partial charge in [-0.15, -0.1) is 0 Å². The summed E-state index contributed by atoms with van der Waals surface area (Å²) in [5.41, 5.74) is 0. The third kappa shape index (κ3) is 3.44. The van der Waals surface area contributed by atoms with Gasteiger partial charge >= 0.3 is 13.1 Å². The van der Waals surface area contributed by atoms with Gasteiger partial charge in [-0.05, 0) is 25.7 Å². The number of aliphatic carboxylic acids is 1. The number of hydrogen-bond acceptors (Lipinski definition) is 4. The van der Waals surface area contributed by atoms with E-state index in [9.17, 15) is 14.6 Å². The molecule has 0 radical (unpaired) electrons. The van der Waals surface area contributed by atoms with Crippen LogP contribution in [0.5, 0.6) is 0 Å². The fourth-order valence-electron chi connectivity index (χ4n) is 2.00. The normalized spacial score (nSPS) is 28.9. The minimum Gasteiger partial charge on any atom is -0.481 e. The summed E-state index contributed by atoms with van der Waals surface area (Å²) in [5.74, 6) is -1.29. The summed E-state index contributed by atoms with van der Waals surface area (Å²) in [7, 11) is -1.10. The Morgan fingerprint density at radius 3 is 2.53 bits per heavy atom. The molecule has 2 rings (SSSR count). The Hall–Kier alpha value is -1.08. The molecule has 3 N–H and O–H groups in total. The van der Waals surface area contributed by atoms with Crippen LogP contribution in [0.3, 0.4) is 0 Å². The average molecular weight is 241 g/mol. The molecule has 1 saturated heterocycles. The molecular formula is C10H16BNO5. The molecule has 17 heavy (non-hydrogen) atoms. The maximum absolute atomic E-state index is 11.5. The van der Waals surface area contributed by atoms with E-state index < -0.39 is 25.1 Å². The van der Waals surface area contributed by atoms with Crippen molar-refractivity contribution in [2.45, 2.75) is 44.1 Å². The standard InChI is InChI=1S/C10H16BNO5/c13-9(14)5-7-3-4-8(11(16)17-7)12-10(15)6-1-2-6/h6-8,16H,1-5H2,(H,12,15)(H,13,14)/t7-,8-/m0/s1. The predicted molar refractivity (Wildman–Crippen MR) is 59.0 cm³/mol. The minimum atomic E-state index is -1.10. The second-order valence-corrected chi connectivity index (χ2v) is 4.71. The fourth-order valence-corrected chi connectivity index (χ4v) is 2.00. The van der Waals surface area contributed by atoms with Crippen molar-refractivity contribution in [3.8, 4) is 0 Å². The second kappa shape index (κ2) is 5.06. The summed E-state index contributed by atoms with van der Waals surface area (Å²) >= 11 is 0. The van der Waals surface area contributed by atoms with Crippen molar-refractivity contribution >= 4 is 19.0 Å². The average Bonchev–Trinajstić information content (AvgIpc) is 3.04. The number of amides is 1. The van der Waals surface area contributed by atoms with Gasteiger partial charge in [0.2, 0.25) is 5.91 Å². The van der Waals surface area contributed by atoms with E-state index in [1.807, 2.05) is 0 Å². The maximum atomic E-state index is 11.5. The van der Waals surface area contributed by atoms with Gasteiger partial charge in [-0.2, -0.15) is 0 Å². The number of rotatable bonds is 4. The number of carbonyl (C=O) groups is 2. The molecule has 6 nitrogen and oxygen atoms in total. The Balaban J connectivity index is 1.78. The third-order valence-corrected chi connectivity index (χ3v) is 3.15. The van der Waals surface area contributed by atoms with Crippen LogP contribution in [0.2, 0.25) is 0 Å². The van der Waals surface area contributed by atoms with Gasteiger partial charge in [0.1, 0.15) is 0 Å². The first-order valence-corrected chi connectivity index (χ1v) is 5.92. The summed E-state index contributed by atoms with van der Waals surface area (Å²) in [5, 5.41) is 21.0. The van der Waals surface area contributed by atoms with Crippen molar-refractivity contribution in [1.29, 1.82) is 0 Å². The lowest BCUT2D eigenvalue weighted by Crippen LogP contribution is -2.53. The number of carbonyl (C=O) groups excluding carboxylic acids is 1. The molecule has 1 aliphatic heterocycles. The smallest absolute Gasteiger partial charge is 0.478 e. The third-order valence-electron chi connectivity index (χ3n) is 3.15.